The number of nitrogen functional groups attached to an aromatic ring is 1. The van der Waals surface area contributed by atoms with Crippen molar-refractivity contribution < 1.29 is 14.3 Å². The maximum Gasteiger partial charge on any atom is 0.255 e. The Labute approximate surface area is 182 Å². The van der Waals surface area contributed by atoms with Crippen LogP contribution in [0.15, 0.2) is 12.3 Å². The summed E-state index contributed by atoms with van der Waals surface area (Å²) in [6.45, 7) is 6.96. The van der Waals surface area contributed by atoms with E-state index in [9.17, 15) is 9.59 Å². The van der Waals surface area contributed by atoms with Crippen LogP contribution < -0.4 is 11.1 Å². The number of nitrogens with one attached hydrogen (secondary N) is 1. The van der Waals surface area contributed by atoms with Gasteiger partial charge in [-0.3, -0.25) is 4.79 Å². The lowest BCUT2D eigenvalue weighted by molar-refractivity contribution is -0.117. The lowest BCUT2D eigenvalue weighted by atomic mass is 9.89. The number of aromatic nitrogens is 3. The number of carbonyl (C=O) groups excluding carboxylic acids is 2. The van der Waals surface area contributed by atoms with Crippen LogP contribution in [0.5, 0.6) is 0 Å². The molecule has 3 N–H and O–H groups in total. The maximum absolute atomic E-state index is 12.7. The molecule has 168 valence electrons. The number of fused-ring (bicyclic) bond motifs is 1. The number of likely N-dealkylation sites (tertiary alicyclic amines) is 1. The van der Waals surface area contributed by atoms with Crippen molar-refractivity contribution >= 4 is 34.5 Å². The first kappa shape index (κ1) is 22.9. The highest BCUT2D eigenvalue weighted by Gasteiger charge is 2.32. The van der Waals surface area contributed by atoms with Crippen molar-refractivity contribution in [1.82, 2.24) is 19.9 Å². The smallest absolute Gasteiger partial charge is 0.255 e. The Kier molecular flexibility index (Phi) is 7.04. The Hall–Kier alpha value is -2.81. The van der Waals surface area contributed by atoms with Gasteiger partial charge >= 0.3 is 0 Å². The highest BCUT2D eigenvalue weighted by atomic mass is 16.5. The molecular weight excluding hydrogens is 396 g/mol. The SMILES string of the molecule is CCCC[C@](C)(CCC(C)=O)Nc1nc(N)nc2cc(C(=O)N3CC(OC)C3)cnc12. The fourth-order valence-electron chi connectivity index (χ4n) is 3.73. The van der Waals surface area contributed by atoms with E-state index in [1.807, 2.05) is 0 Å². The zero-order chi connectivity index (χ0) is 22.6. The number of ether oxygens (including phenoxy) is 1. The van der Waals surface area contributed by atoms with Gasteiger partial charge in [0, 0.05) is 38.4 Å². The minimum atomic E-state index is -0.335. The van der Waals surface area contributed by atoms with E-state index in [2.05, 4.69) is 34.1 Å². The quantitative estimate of drug-likeness (QED) is 0.592. The molecule has 1 amide bonds. The number of anilines is 2. The molecule has 2 aromatic heterocycles. The monoisotopic (exact) mass is 428 g/mol. The third-order valence-electron chi connectivity index (χ3n) is 5.80. The molecule has 0 spiro atoms. The Morgan fingerprint density at radius 3 is 2.71 bits per heavy atom. The van der Waals surface area contributed by atoms with Gasteiger partial charge in [-0.25, -0.2) is 9.97 Å². The average Bonchev–Trinajstić information content (AvgIpc) is 2.69. The number of nitrogens with two attached hydrogens (primary N) is 1. The molecule has 9 nitrogen and oxygen atoms in total. The van der Waals surface area contributed by atoms with Gasteiger partial charge in [0.25, 0.3) is 5.91 Å². The van der Waals surface area contributed by atoms with Crippen LogP contribution >= 0.6 is 0 Å². The topological polar surface area (TPSA) is 123 Å². The zero-order valence-corrected chi connectivity index (χ0v) is 18.8. The number of methoxy groups -OCH3 is 1. The molecule has 3 heterocycles. The van der Waals surface area contributed by atoms with Crippen molar-refractivity contribution in [2.75, 3.05) is 31.2 Å². The van der Waals surface area contributed by atoms with Crippen molar-refractivity contribution in [2.45, 2.75) is 64.5 Å². The number of carbonyl (C=O) groups is 2. The first-order chi connectivity index (χ1) is 14.7. The molecule has 0 unspecified atom stereocenters. The summed E-state index contributed by atoms with van der Waals surface area (Å²) in [4.78, 5) is 39.2. The summed E-state index contributed by atoms with van der Waals surface area (Å²) in [5.41, 5.74) is 7.15. The Bertz CT molecular complexity index is 960. The van der Waals surface area contributed by atoms with Crippen LogP contribution in [-0.2, 0) is 9.53 Å². The second kappa shape index (κ2) is 9.55. The summed E-state index contributed by atoms with van der Waals surface area (Å²) < 4.78 is 5.24. The van der Waals surface area contributed by atoms with Crippen molar-refractivity contribution in [1.29, 1.82) is 0 Å². The fourth-order valence-corrected chi connectivity index (χ4v) is 3.73. The van der Waals surface area contributed by atoms with Gasteiger partial charge in [-0.05, 0) is 32.8 Å². The fraction of sp³-hybridized carbons (Fsp3) is 0.591. The third kappa shape index (κ3) is 5.46. The zero-order valence-electron chi connectivity index (χ0n) is 18.8. The van der Waals surface area contributed by atoms with Crippen LogP contribution in [-0.4, -0.2) is 63.4 Å². The van der Waals surface area contributed by atoms with E-state index >= 15 is 0 Å². The maximum atomic E-state index is 12.7. The van der Waals surface area contributed by atoms with Crippen molar-refractivity contribution in [3.63, 3.8) is 0 Å². The van der Waals surface area contributed by atoms with Gasteiger partial charge in [0.2, 0.25) is 5.95 Å². The average molecular weight is 429 g/mol. The lowest BCUT2D eigenvalue weighted by Crippen LogP contribution is -2.54. The molecule has 1 aliphatic rings. The molecule has 3 rings (SSSR count). The number of rotatable bonds is 10. The minimum absolute atomic E-state index is 0.0851. The van der Waals surface area contributed by atoms with E-state index < -0.39 is 0 Å². The molecule has 9 heteroatoms. The molecule has 1 aliphatic heterocycles. The Morgan fingerprint density at radius 2 is 2.06 bits per heavy atom. The summed E-state index contributed by atoms with van der Waals surface area (Å²) in [5.74, 6) is 0.671. The lowest BCUT2D eigenvalue weighted by Gasteiger charge is -2.38. The van der Waals surface area contributed by atoms with Crippen molar-refractivity contribution in [3.8, 4) is 0 Å². The summed E-state index contributed by atoms with van der Waals surface area (Å²) in [7, 11) is 1.64. The Morgan fingerprint density at radius 1 is 1.32 bits per heavy atom. The molecule has 2 aromatic rings. The molecular formula is C22H32N6O3. The molecule has 0 bridgehead atoms. The number of amides is 1. The van der Waals surface area contributed by atoms with E-state index in [-0.39, 0.29) is 29.3 Å². The van der Waals surface area contributed by atoms with E-state index in [1.165, 1.54) is 0 Å². The number of ketones is 1. The molecule has 0 aromatic carbocycles. The van der Waals surface area contributed by atoms with Gasteiger partial charge < -0.3 is 25.5 Å². The van der Waals surface area contributed by atoms with Gasteiger partial charge in [0.05, 0.1) is 17.2 Å². The molecule has 1 atom stereocenters. The molecule has 0 saturated carbocycles. The van der Waals surface area contributed by atoms with Crippen LogP contribution in [0, 0.1) is 0 Å². The van der Waals surface area contributed by atoms with E-state index in [0.717, 1.165) is 19.3 Å². The molecule has 1 fully saturated rings. The van der Waals surface area contributed by atoms with Crippen LogP contribution in [0.1, 0.15) is 63.2 Å². The van der Waals surface area contributed by atoms with Gasteiger partial charge in [-0.2, -0.15) is 4.98 Å². The second-order valence-electron chi connectivity index (χ2n) is 8.58. The number of nitrogens with zero attached hydrogens (tertiary/aromatic N) is 4. The number of pyridine rings is 1. The van der Waals surface area contributed by atoms with Crippen molar-refractivity contribution in [2.24, 2.45) is 0 Å². The van der Waals surface area contributed by atoms with Crippen LogP contribution in [0.25, 0.3) is 11.0 Å². The first-order valence-corrected chi connectivity index (χ1v) is 10.8. The second-order valence-corrected chi connectivity index (χ2v) is 8.58. The van der Waals surface area contributed by atoms with Gasteiger partial charge in [-0.1, -0.05) is 19.8 Å². The number of unbranched alkanes of at least 4 members (excludes halogenated alkanes) is 1. The van der Waals surface area contributed by atoms with E-state index in [0.29, 0.717) is 48.3 Å². The first-order valence-electron chi connectivity index (χ1n) is 10.8. The highest BCUT2D eigenvalue weighted by molar-refractivity contribution is 5.98. The summed E-state index contributed by atoms with van der Waals surface area (Å²) >= 11 is 0. The number of Topliss-reactive ketones (excluding diaryl/α,β-unsaturated/α-hetero) is 1. The van der Waals surface area contributed by atoms with Crippen LogP contribution in [0.2, 0.25) is 0 Å². The Balaban J connectivity index is 1.87. The number of hydrogen-bond acceptors (Lipinski definition) is 8. The van der Waals surface area contributed by atoms with E-state index in [1.54, 1.807) is 31.2 Å². The molecule has 31 heavy (non-hydrogen) atoms. The van der Waals surface area contributed by atoms with Crippen LogP contribution in [0.4, 0.5) is 11.8 Å². The highest BCUT2D eigenvalue weighted by Crippen LogP contribution is 2.29. The molecule has 1 saturated heterocycles. The van der Waals surface area contributed by atoms with Gasteiger partial charge in [-0.15, -0.1) is 0 Å². The van der Waals surface area contributed by atoms with E-state index in [4.69, 9.17) is 10.5 Å². The largest absolute Gasteiger partial charge is 0.378 e. The van der Waals surface area contributed by atoms with Crippen molar-refractivity contribution in [3.05, 3.63) is 17.8 Å². The molecule has 0 radical (unpaired) electrons. The minimum Gasteiger partial charge on any atom is -0.378 e. The predicted octanol–water partition coefficient (Wildman–Crippen LogP) is 2.81. The standard InChI is InChI=1S/C22H32N6O3/c1-5-6-8-22(3,9-7-14(2)29)27-19-18-17(25-21(23)26-19)10-15(11-24-18)20(30)28-12-16(13-28)31-4/h10-11,16H,5-9,12-13H2,1-4H3,(H3,23,25,26,27)/t22-/m1/s1. The van der Waals surface area contributed by atoms with Gasteiger partial charge in [0.1, 0.15) is 11.3 Å². The number of hydrogen-bond donors (Lipinski definition) is 2. The summed E-state index contributed by atoms with van der Waals surface area (Å²) in [5, 5.41) is 3.48. The third-order valence-corrected chi connectivity index (χ3v) is 5.80. The van der Waals surface area contributed by atoms with Crippen LogP contribution in [0.3, 0.4) is 0 Å². The summed E-state index contributed by atoms with van der Waals surface area (Å²) in [6, 6.07) is 1.70. The normalized spacial score (nSPS) is 16.1. The molecule has 0 aliphatic carbocycles. The predicted molar refractivity (Wildman–Crippen MR) is 120 cm³/mol. The van der Waals surface area contributed by atoms with Gasteiger partial charge in [0.15, 0.2) is 5.82 Å². The summed E-state index contributed by atoms with van der Waals surface area (Å²) in [6.07, 6.45) is 5.75.